The summed E-state index contributed by atoms with van der Waals surface area (Å²) in [6.45, 7) is 3.36. The predicted octanol–water partition coefficient (Wildman–Crippen LogP) is 2.29. The topological polar surface area (TPSA) is 88.4 Å². The van der Waals surface area contributed by atoms with Crippen molar-refractivity contribution < 1.29 is 9.72 Å². The molecule has 21 heavy (non-hydrogen) atoms. The van der Waals surface area contributed by atoms with Crippen LogP contribution in [-0.2, 0) is 0 Å². The number of hydrogen-bond donors (Lipinski definition) is 1. The second kappa shape index (κ2) is 6.51. The number of pyridine rings is 1. The maximum absolute atomic E-state index is 12.4. The number of nitrogens with one attached hydrogen (secondary N) is 1. The van der Waals surface area contributed by atoms with Gasteiger partial charge in [-0.15, -0.1) is 0 Å². The second-order valence-electron chi connectivity index (χ2n) is 5.40. The molecule has 0 atom stereocenters. The lowest BCUT2D eigenvalue weighted by Gasteiger charge is -2.17. The zero-order chi connectivity index (χ0) is 15.4. The van der Waals surface area contributed by atoms with Crippen molar-refractivity contribution >= 4 is 17.4 Å². The maximum atomic E-state index is 12.4. The molecule has 0 saturated heterocycles. The van der Waals surface area contributed by atoms with Gasteiger partial charge in [0, 0.05) is 26.2 Å². The standard InChI is InChI=1S/C14H20N4O3/c1-3-6-15-13-7-11(12(8-16-13)18(20)21)14(19)17(2)9-10-4-5-10/h7-8,10H,3-6,9H2,1-2H3,(H,15,16). The number of amides is 1. The fourth-order valence-electron chi connectivity index (χ4n) is 2.09. The Morgan fingerprint density at radius 1 is 1.57 bits per heavy atom. The van der Waals surface area contributed by atoms with Crippen LogP contribution >= 0.6 is 0 Å². The van der Waals surface area contributed by atoms with Crippen LogP contribution in [0.15, 0.2) is 12.3 Å². The molecule has 2 rings (SSSR count). The molecule has 114 valence electrons. The van der Waals surface area contributed by atoms with Gasteiger partial charge in [-0.1, -0.05) is 6.92 Å². The van der Waals surface area contributed by atoms with E-state index in [1.54, 1.807) is 11.9 Å². The fraction of sp³-hybridized carbons (Fsp3) is 0.571. The maximum Gasteiger partial charge on any atom is 0.300 e. The van der Waals surface area contributed by atoms with E-state index in [4.69, 9.17) is 0 Å². The third-order valence-corrected chi connectivity index (χ3v) is 3.44. The summed E-state index contributed by atoms with van der Waals surface area (Å²) in [6, 6.07) is 1.47. The normalized spacial score (nSPS) is 13.8. The van der Waals surface area contributed by atoms with Gasteiger partial charge in [0.2, 0.25) is 0 Å². The molecule has 1 amide bonds. The van der Waals surface area contributed by atoms with Crippen LogP contribution in [0.5, 0.6) is 0 Å². The molecular weight excluding hydrogens is 272 g/mol. The van der Waals surface area contributed by atoms with Crippen LogP contribution in [0.2, 0.25) is 0 Å². The molecule has 0 unspecified atom stereocenters. The summed E-state index contributed by atoms with van der Waals surface area (Å²) in [5.74, 6) is 0.707. The molecule has 1 aromatic rings. The number of aromatic nitrogens is 1. The molecule has 7 heteroatoms. The summed E-state index contributed by atoms with van der Waals surface area (Å²) in [6.07, 6.45) is 4.30. The first-order valence-electron chi connectivity index (χ1n) is 7.16. The van der Waals surface area contributed by atoms with Crippen molar-refractivity contribution in [2.75, 3.05) is 25.5 Å². The van der Waals surface area contributed by atoms with Crippen molar-refractivity contribution in [3.05, 3.63) is 27.9 Å². The van der Waals surface area contributed by atoms with E-state index in [0.29, 0.717) is 24.8 Å². The Labute approximate surface area is 123 Å². The van der Waals surface area contributed by atoms with Gasteiger partial charge in [-0.3, -0.25) is 14.9 Å². The van der Waals surface area contributed by atoms with E-state index < -0.39 is 4.92 Å². The van der Waals surface area contributed by atoms with E-state index in [0.717, 1.165) is 25.5 Å². The number of carbonyl (C=O) groups is 1. The minimum absolute atomic E-state index is 0.0942. The first kappa shape index (κ1) is 15.2. The number of anilines is 1. The van der Waals surface area contributed by atoms with E-state index in [1.807, 2.05) is 6.92 Å². The van der Waals surface area contributed by atoms with Gasteiger partial charge in [-0.2, -0.15) is 0 Å². The molecule has 0 bridgehead atoms. The summed E-state index contributed by atoms with van der Waals surface area (Å²) < 4.78 is 0. The molecule has 0 radical (unpaired) electrons. The zero-order valence-electron chi connectivity index (χ0n) is 12.3. The highest BCUT2D eigenvalue weighted by atomic mass is 16.6. The summed E-state index contributed by atoms with van der Waals surface area (Å²) in [7, 11) is 1.68. The molecule has 0 spiro atoms. The fourth-order valence-corrected chi connectivity index (χ4v) is 2.09. The van der Waals surface area contributed by atoms with Gasteiger partial charge >= 0.3 is 0 Å². The summed E-state index contributed by atoms with van der Waals surface area (Å²) in [5.41, 5.74) is -0.151. The Kier molecular flexibility index (Phi) is 4.72. The summed E-state index contributed by atoms with van der Waals surface area (Å²) in [5, 5.41) is 14.1. The van der Waals surface area contributed by atoms with Crippen molar-refractivity contribution in [1.29, 1.82) is 0 Å². The third kappa shape index (κ3) is 3.90. The average molecular weight is 292 g/mol. The first-order valence-corrected chi connectivity index (χ1v) is 7.16. The number of nitro groups is 1. The molecule has 0 aromatic carbocycles. The van der Waals surface area contributed by atoms with Crippen LogP contribution < -0.4 is 5.32 Å². The lowest BCUT2D eigenvalue weighted by Crippen LogP contribution is -2.29. The van der Waals surface area contributed by atoms with Crippen molar-refractivity contribution in [1.82, 2.24) is 9.88 Å². The average Bonchev–Trinajstić information content (AvgIpc) is 3.27. The Hall–Kier alpha value is -2.18. The van der Waals surface area contributed by atoms with E-state index in [2.05, 4.69) is 10.3 Å². The van der Waals surface area contributed by atoms with Crippen molar-refractivity contribution in [3.8, 4) is 0 Å². The summed E-state index contributed by atoms with van der Waals surface area (Å²) in [4.78, 5) is 28.5. The molecule has 1 aliphatic rings. The summed E-state index contributed by atoms with van der Waals surface area (Å²) >= 11 is 0. The Morgan fingerprint density at radius 3 is 2.86 bits per heavy atom. The smallest absolute Gasteiger partial charge is 0.300 e. The lowest BCUT2D eigenvalue weighted by atomic mass is 10.2. The minimum atomic E-state index is -0.561. The van der Waals surface area contributed by atoms with Gasteiger partial charge < -0.3 is 10.2 Å². The van der Waals surface area contributed by atoms with Gasteiger partial charge in [-0.05, 0) is 25.2 Å². The molecule has 7 nitrogen and oxygen atoms in total. The van der Waals surface area contributed by atoms with Gasteiger partial charge in [-0.25, -0.2) is 4.98 Å². The van der Waals surface area contributed by atoms with E-state index in [9.17, 15) is 14.9 Å². The molecule has 1 saturated carbocycles. The van der Waals surface area contributed by atoms with Crippen LogP contribution in [0.4, 0.5) is 11.5 Å². The molecule has 1 aromatic heterocycles. The van der Waals surface area contributed by atoms with Crippen LogP contribution in [0, 0.1) is 16.0 Å². The molecule has 0 aliphatic heterocycles. The predicted molar refractivity (Wildman–Crippen MR) is 79.4 cm³/mol. The molecular formula is C14H20N4O3. The third-order valence-electron chi connectivity index (χ3n) is 3.44. The van der Waals surface area contributed by atoms with Gasteiger partial charge in [0.05, 0.1) is 4.92 Å². The number of carbonyl (C=O) groups excluding carboxylic acids is 1. The van der Waals surface area contributed by atoms with Gasteiger partial charge in [0.15, 0.2) is 0 Å². The van der Waals surface area contributed by atoms with Crippen LogP contribution in [0.25, 0.3) is 0 Å². The van der Waals surface area contributed by atoms with Crippen molar-refractivity contribution in [2.24, 2.45) is 5.92 Å². The largest absolute Gasteiger partial charge is 0.370 e. The van der Waals surface area contributed by atoms with E-state index in [1.165, 1.54) is 6.07 Å². The molecule has 1 aliphatic carbocycles. The molecule has 1 fully saturated rings. The molecule has 1 N–H and O–H groups in total. The monoisotopic (exact) mass is 292 g/mol. The zero-order valence-corrected chi connectivity index (χ0v) is 12.3. The second-order valence-corrected chi connectivity index (χ2v) is 5.40. The minimum Gasteiger partial charge on any atom is -0.370 e. The number of rotatable bonds is 7. The SMILES string of the molecule is CCCNc1cc(C(=O)N(C)CC2CC2)c([N+](=O)[O-])cn1. The highest BCUT2D eigenvalue weighted by Gasteiger charge is 2.29. The Bertz CT molecular complexity index is 543. The van der Waals surface area contributed by atoms with E-state index >= 15 is 0 Å². The van der Waals surface area contributed by atoms with Crippen LogP contribution in [0.1, 0.15) is 36.5 Å². The number of hydrogen-bond acceptors (Lipinski definition) is 5. The quantitative estimate of drug-likeness (QED) is 0.615. The Balaban J connectivity index is 2.23. The van der Waals surface area contributed by atoms with Crippen molar-refractivity contribution in [2.45, 2.75) is 26.2 Å². The highest BCUT2D eigenvalue weighted by Crippen LogP contribution is 2.30. The lowest BCUT2D eigenvalue weighted by molar-refractivity contribution is -0.385. The first-order chi connectivity index (χ1) is 10.0. The van der Waals surface area contributed by atoms with E-state index in [-0.39, 0.29) is 17.2 Å². The van der Waals surface area contributed by atoms with Crippen LogP contribution in [-0.4, -0.2) is 40.9 Å². The van der Waals surface area contributed by atoms with Crippen molar-refractivity contribution in [3.63, 3.8) is 0 Å². The van der Waals surface area contributed by atoms with Gasteiger partial charge in [0.25, 0.3) is 11.6 Å². The molecule has 1 heterocycles. The Morgan fingerprint density at radius 2 is 2.29 bits per heavy atom. The van der Waals surface area contributed by atoms with Gasteiger partial charge in [0.1, 0.15) is 17.6 Å². The van der Waals surface area contributed by atoms with Crippen LogP contribution in [0.3, 0.4) is 0 Å². The highest BCUT2D eigenvalue weighted by molar-refractivity contribution is 5.98. The number of nitrogens with zero attached hydrogens (tertiary/aromatic N) is 3.